The Balaban J connectivity index is 1.81. The molecule has 28 heavy (non-hydrogen) atoms. The van der Waals surface area contributed by atoms with E-state index < -0.39 is 0 Å². The Morgan fingerprint density at radius 2 is 2.00 bits per heavy atom. The van der Waals surface area contributed by atoms with Crippen molar-refractivity contribution in [1.29, 1.82) is 0 Å². The average molecular weight is 432 g/mol. The number of nitrogens with zero attached hydrogens (tertiary/aromatic N) is 3. The molecule has 0 N–H and O–H groups in total. The zero-order valence-electron chi connectivity index (χ0n) is 14.9. The lowest BCUT2D eigenvalue weighted by atomic mass is 10.2. The Labute approximate surface area is 174 Å². The highest BCUT2D eigenvalue weighted by Crippen LogP contribution is 2.30. The van der Waals surface area contributed by atoms with Crippen LogP contribution in [0.2, 0.25) is 10.0 Å². The summed E-state index contributed by atoms with van der Waals surface area (Å²) in [5, 5.41) is 1.25. The highest BCUT2D eigenvalue weighted by molar-refractivity contribution is 7.20. The number of rotatable bonds is 4. The maximum absolute atomic E-state index is 13.2. The van der Waals surface area contributed by atoms with Crippen LogP contribution in [0, 0.1) is 0 Å². The number of halogens is 2. The second kappa shape index (κ2) is 7.54. The van der Waals surface area contributed by atoms with Gasteiger partial charge in [0.1, 0.15) is 10.5 Å². The number of amides is 1. The fourth-order valence-electron chi connectivity index (χ4n) is 3.01. The number of anilines is 1. The molecule has 0 unspecified atom stereocenters. The van der Waals surface area contributed by atoms with Gasteiger partial charge < -0.3 is 4.90 Å². The van der Waals surface area contributed by atoms with Gasteiger partial charge >= 0.3 is 0 Å². The van der Waals surface area contributed by atoms with Crippen LogP contribution in [0.15, 0.2) is 53.5 Å². The SMILES string of the molecule is CCCN(C(=O)c1cc2c(=O)n3ccccc3nc2s1)c1ccc(Cl)c(Cl)c1. The predicted molar refractivity (Wildman–Crippen MR) is 115 cm³/mol. The van der Waals surface area contributed by atoms with Crippen molar-refractivity contribution >= 4 is 62.0 Å². The highest BCUT2D eigenvalue weighted by Gasteiger charge is 2.21. The van der Waals surface area contributed by atoms with Crippen LogP contribution < -0.4 is 10.5 Å². The molecule has 1 amide bonds. The first kappa shape index (κ1) is 18.9. The number of thiophene rings is 1. The molecule has 0 aliphatic carbocycles. The lowest BCUT2D eigenvalue weighted by Crippen LogP contribution is -2.31. The number of carbonyl (C=O) groups excluding carboxylic acids is 1. The van der Waals surface area contributed by atoms with Crippen LogP contribution >= 0.6 is 34.5 Å². The summed E-state index contributed by atoms with van der Waals surface area (Å²) < 4.78 is 1.48. The number of aromatic nitrogens is 2. The molecule has 0 saturated heterocycles. The first-order chi connectivity index (χ1) is 13.5. The van der Waals surface area contributed by atoms with Crippen molar-refractivity contribution in [2.45, 2.75) is 13.3 Å². The molecule has 0 atom stereocenters. The molecule has 4 aromatic rings. The van der Waals surface area contributed by atoms with Gasteiger partial charge in [-0.25, -0.2) is 4.98 Å². The first-order valence-electron chi connectivity index (χ1n) is 8.67. The number of pyridine rings is 1. The summed E-state index contributed by atoms with van der Waals surface area (Å²) in [6.07, 6.45) is 2.43. The Morgan fingerprint density at radius 3 is 2.75 bits per heavy atom. The van der Waals surface area contributed by atoms with Crippen molar-refractivity contribution in [3.63, 3.8) is 0 Å². The molecule has 0 radical (unpaired) electrons. The Hall–Kier alpha value is -2.41. The molecule has 3 heterocycles. The van der Waals surface area contributed by atoms with Crippen LogP contribution in [0.25, 0.3) is 15.9 Å². The Bertz CT molecular complexity index is 1270. The summed E-state index contributed by atoms with van der Waals surface area (Å²) in [7, 11) is 0. The van der Waals surface area contributed by atoms with Gasteiger partial charge in [-0.05, 0) is 42.8 Å². The second-order valence-electron chi connectivity index (χ2n) is 6.23. The Morgan fingerprint density at radius 1 is 1.18 bits per heavy atom. The van der Waals surface area contributed by atoms with Crippen molar-refractivity contribution in [1.82, 2.24) is 9.38 Å². The van der Waals surface area contributed by atoms with E-state index in [0.717, 1.165) is 6.42 Å². The zero-order valence-corrected chi connectivity index (χ0v) is 17.2. The molecule has 3 aromatic heterocycles. The summed E-state index contributed by atoms with van der Waals surface area (Å²) in [6, 6.07) is 12.1. The number of hydrogen-bond acceptors (Lipinski definition) is 4. The average Bonchev–Trinajstić information content (AvgIpc) is 3.12. The van der Waals surface area contributed by atoms with E-state index in [-0.39, 0.29) is 11.5 Å². The van der Waals surface area contributed by atoms with E-state index in [2.05, 4.69) is 4.98 Å². The molecule has 0 aliphatic rings. The molecular weight excluding hydrogens is 417 g/mol. The van der Waals surface area contributed by atoms with Crippen LogP contribution in [0.1, 0.15) is 23.0 Å². The maximum atomic E-state index is 13.2. The summed E-state index contributed by atoms with van der Waals surface area (Å²) in [5.74, 6) is -0.198. The van der Waals surface area contributed by atoms with E-state index in [0.29, 0.717) is 43.0 Å². The molecule has 0 saturated carbocycles. The Kier molecular flexibility index (Phi) is 5.10. The van der Waals surface area contributed by atoms with Gasteiger partial charge in [0.15, 0.2) is 0 Å². The van der Waals surface area contributed by atoms with Crippen molar-refractivity contribution in [3.8, 4) is 0 Å². The van der Waals surface area contributed by atoms with Crippen molar-refractivity contribution in [2.24, 2.45) is 0 Å². The van der Waals surface area contributed by atoms with Gasteiger partial charge in [0, 0.05) is 18.4 Å². The first-order valence-corrected chi connectivity index (χ1v) is 10.2. The summed E-state index contributed by atoms with van der Waals surface area (Å²) in [4.78, 5) is 33.1. The third-order valence-electron chi connectivity index (χ3n) is 4.33. The van der Waals surface area contributed by atoms with Crippen molar-refractivity contribution in [3.05, 3.63) is 73.9 Å². The van der Waals surface area contributed by atoms with Crippen LogP contribution in [-0.4, -0.2) is 21.8 Å². The molecule has 0 fully saturated rings. The summed E-state index contributed by atoms with van der Waals surface area (Å²) in [5.41, 5.74) is 1.02. The number of benzene rings is 1. The summed E-state index contributed by atoms with van der Waals surface area (Å²) >= 11 is 13.4. The van der Waals surface area contributed by atoms with Crippen LogP contribution in [0.3, 0.4) is 0 Å². The minimum atomic E-state index is -0.198. The monoisotopic (exact) mass is 431 g/mol. The van der Waals surface area contributed by atoms with Crippen LogP contribution in [0.5, 0.6) is 0 Å². The molecule has 4 rings (SSSR count). The zero-order chi connectivity index (χ0) is 19.8. The van der Waals surface area contributed by atoms with E-state index in [1.165, 1.54) is 15.7 Å². The minimum Gasteiger partial charge on any atom is -0.308 e. The minimum absolute atomic E-state index is 0.188. The normalized spacial score (nSPS) is 11.2. The molecule has 142 valence electrons. The van der Waals surface area contributed by atoms with Gasteiger partial charge in [-0.1, -0.05) is 36.2 Å². The van der Waals surface area contributed by atoms with Crippen molar-refractivity contribution in [2.75, 3.05) is 11.4 Å². The number of fused-ring (bicyclic) bond motifs is 2. The molecule has 0 bridgehead atoms. The van der Waals surface area contributed by atoms with Gasteiger partial charge in [0.2, 0.25) is 0 Å². The largest absolute Gasteiger partial charge is 0.308 e. The fraction of sp³-hybridized carbons (Fsp3) is 0.150. The van der Waals surface area contributed by atoms with E-state index >= 15 is 0 Å². The molecular formula is C20H15Cl2N3O2S. The van der Waals surface area contributed by atoms with Gasteiger partial charge in [0.05, 0.1) is 20.3 Å². The summed E-state index contributed by atoms with van der Waals surface area (Å²) in [6.45, 7) is 2.50. The van der Waals surface area contributed by atoms with Gasteiger partial charge in [-0.15, -0.1) is 11.3 Å². The van der Waals surface area contributed by atoms with Crippen LogP contribution in [-0.2, 0) is 0 Å². The molecule has 0 aliphatic heterocycles. The topological polar surface area (TPSA) is 54.7 Å². The fourth-order valence-corrected chi connectivity index (χ4v) is 4.28. The standard InChI is InChI=1S/C20H15Cl2N3O2S/c1-2-8-24(12-6-7-14(21)15(22)10-12)20(27)16-11-13-18(28-16)23-17-5-3-4-9-25(17)19(13)26/h3-7,9-11H,2,8H2,1H3. The number of hydrogen-bond donors (Lipinski definition) is 0. The van der Waals surface area contributed by atoms with Crippen LogP contribution in [0.4, 0.5) is 5.69 Å². The van der Waals surface area contributed by atoms with Gasteiger partial charge in [0.25, 0.3) is 11.5 Å². The third-order valence-corrected chi connectivity index (χ3v) is 6.09. The maximum Gasteiger partial charge on any atom is 0.268 e. The molecule has 8 heteroatoms. The smallest absolute Gasteiger partial charge is 0.268 e. The van der Waals surface area contributed by atoms with Gasteiger partial charge in [-0.3, -0.25) is 14.0 Å². The lowest BCUT2D eigenvalue weighted by molar-refractivity contribution is 0.0991. The van der Waals surface area contributed by atoms with Gasteiger partial charge in [-0.2, -0.15) is 0 Å². The highest BCUT2D eigenvalue weighted by atomic mass is 35.5. The van der Waals surface area contributed by atoms with E-state index in [4.69, 9.17) is 23.2 Å². The van der Waals surface area contributed by atoms with Crippen molar-refractivity contribution < 1.29 is 4.79 Å². The molecule has 0 spiro atoms. The van der Waals surface area contributed by atoms with E-state index in [1.807, 2.05) is 13.0 Å². The third kappa shape index (κ3) is 3.28. The second-order valence-corrected chi connectivity index (χ2v) is 8.08. The molecule has 1 aromatic carbocycles. The molecule has 5 nitrogen and oxygen atoms in total. The number of carbonyl (C=O) groups is 1. The predicted octanol–water partition coefficient (Wildman–Crippen LogP) is 5.27. The van der Waals surface area contributed by atoms with E-state index in [1.54, 1.807) is 47.5 Å². The quantitative estimate of drug-likeness (QED) is 0.441. The lowest BCUT2D eigenvalue weighted by Gasteiger charge is -2.22. The van der Waals surface area contributed by atoms with E-state index in [9.17, 15) is 9.59 Å².